The van der Waals surface area contributed by atoms with E-state index >= 15 is 0 Å². The van der Waals surface area contributed by atoms with Gasteiger partial charge in [-0.3, -0.25) is 4.90 Å². The summed E-state index contributed by atoms with van der Waals surface area (Å²) in [6.07, 6.45) is 6.79. The van der Waals surface area contributed by atoms with E-state index in [0.717, 1.165) is 35.1 Å². The second-order valence-corrected chi connectivity index (χ2v) is 7.20. The molecule has 4 heteroatoms. The molecule has 0 amide bonds. The smallest absolute Gasteiger partial charge is 0.176 e. The van der Waals surface area contributed by atoms with Crippen LogP contribution in [0.2, 0.25) is 0 Å². The number of hydrogen-bond donors (Lipinski definition) is 0. The molecular weight excluding hydrogens is 300 g/mol. The normalized spacial score (nSPS) is 21.4. The van der Waals surface area contributed by atoms with Crippen LogP contribution in [0.5, 0.6) is 5.75 Å². The van der Waals surface area contributed by atoms with Crippen molar-refractivity contribution in [3.05, 3.63) is 30.0 Å². The Morgan fingerprint density at radius 2 is 1.88 bits per heavy atom. The first-order valence-corrected chi connectivity index (χ1v) is 9.35. The number of para-hydroxylation sites is 1. The Bertz CT molecular complexity index is 667. The monoisotopic (exact) mass is 328 g/mol. The molecule has 2 saturated heterocycles. The Morgan fingerprint density at radius 3 is 2.62 bits per heavy atom. The van der Waals surface area contributed by atoms with Gasteiger partial charge in [-0.1, -0.05) is 18.6 Å². The number of ether oxygens (including phenoxy) is 1. The molecule has 4 rings (SSSR count). The lowest BCUT2D eigenvalue weighted by molar-refractivity contribution is 0.0869. The summed E-state index contributed by atoms with van der Waals surface area (Å²) in [5.74, 6) is 1.87. The largest absolute Gasteiger partial charge is 0.493 e. The number of likely N-dealkylation sites (tertiary alicyclic amines) is 2. The molecule has 130 valence electrons. The van der Waals surface area contributed by atoms with Crippen LogP contribution >= 0.6 is 0 Å². The highest BCUT2D eigenvalue weighted by Gasteiger charge is 2.26. The van der Waals surface area contributed by atoms with Gasteiger partial charge < -0.3 is 14.1 Å². The van der Waals surface area contributed by atoms with Crippen molar-refractivity contribution < 1.29 is 9.15 Å². The number of rotatable bonds is 4. The van der Waals surface area contributed by atoms with Crippen molar-refractivity contribution in [2.75, 3.05) is 33.3 Å². The summed E-state index contributed by atoms with van der Waals surface area (Å²) in [7, 11) is 1.70. The summed E-state index contributed by atoms with van der Waals surface area (Å²) in [6.45, 7) is 5.89. The van der Waals surface area contributed by atoms with Gasteiger partial charge in [-0.15, -0.1) is 0 Å². The molecule has 2 aliphatic heterocycles. The molecule has 0 aliphatic carbocycles. The van der Waals surface area contributed by atoms with E-state index in [2.05, 4.69) is 21.9 Å². The van der Waals surface area contributed by atoms with E-state index in [0.29, 0.717) is 0 Å². The zero-order chi connectivity index (χ0) is 16.4. The van der Waals surface area contributed by atoms with Crippen LogP contribution in [0.15, 0.2) is 28.7 Å². The van der Waals surface area contributed by atoms with Gasteiger partial charge in [-0.05, 0) is 50.9 Å². The number of piperidine rings is 2. The molecule has 0 unspecified atom stereocenters. The molecule has 0 spiro atoms. The van der Waals surface area contributed by atoms with Gasteiger partial charge in [0.25, 0.3) is 0 Å². The highest BCUT2D eigenvalue weighted by atomic mass is 16.5. The van der Waals surface area contributed by atoms with Gasteiger partial charge in [-0.25, -0.2) is 0 Å². The minimum atomic E-state index is 0.803. The first-order chi connectivity index (χ1) is 11.8. The molecule has 0 saturated carbocycles. The first-order valence-electron chi connectivity index (χ1n) is 9.35. The van der Waals surface area contributed by atoms with Crippen LogP contribution in [-0.2, 0) is 6.54 Å². The van der Waals surface area contributed by atoms with Crippen molar-refractivity contribution in [2.24, 2.45) is 0 Å². The van der Waals surface area contributed by atoms with Crippen LogP contribution in [0.4, 0.5) is 0 Å². The molecule has 2 aliphatic rings. The van der Waals surface area contributed by atoms with Crippen molar-refractivity contribution >= 4 is 11.0 Å². The van der Waals surface area contributed by atoms with Crippen LogP contribution in [0.3, 0.4) is 0 Å². The van der Waals surface area contributed by atoms with Gasteiger partial charge in [-0.2, -0.15) is 0 Å². The van der Waals surface area contributed by atoms with Crippen molar-refractivity contribution in [3.8, 4) is 5.75 Å². The van der Waals surface area contributed by atoms with Gasteiger partial charge in [0.15, 0.2) is 11.3 Å². The van der Waals surface area contributed by atoms with E-state index in [1.54, 1.807) is 7.11 Å². The maximum atomic E-state index is 6.06. The fourth-order valence-electron chi connectivity index (χ4n) is 4.27. The van der Waals surface area contributed by atoms with Crippen molar-refractivity contribution in [2.45, 2.75) is 44.7 Å². The number of methoxy groups -OCH3 is 1. The number of benzene rings is 1. The molecule has 4 nitrogen and oxygen atoms in total. The fraction of sp³-hybridized carbons (Fsp3) is 0.600. The predicted octanol–water partition coefficient (Wildman–Crippen LogP) is 3.89. The van der Waals surface area contributed by atoms with E-state index in [4.69, 9.17) is 9.15 Å². The quantitative estimate of drug-likeness (QED) is 0.851. The zero-order valence-electron chi connectivity index (χ0n) is 14.7. The van der Waals surface area contributed by atoms with E-state index in [9.17, 15) is 0 Å². The van der Waals surface area contributed by atoms with Crippen LogP contribution in [0.1, 0.15) is 37.9 Å². The van der Waals surface area contributed by atoms with Crippen LogP contribution in [0.25, 0.3) is 11.0 Å². The predicted molar refractivity (Wildman–Crippen MR) is 96.5 cm³/mol. The third-order valence-corrected chi connectivity index (χ3v) is 5.62. The van der Waals surface area contributed by atoms with Gasteiger partial charge >= 0.3 is 0 Å². The lowest BCUT2D eigenvalue weighted by atomic mass is 10.00. The molecule has 1 aromatic heterocycles. The SMILES string of the molecule is COc1cccc2cc(CN3CCC(N4CCCCC4)CC3)oc12. The Kier molecular flexibility index (Phi) is 4.76. The minimum Gasteiger partial charge on any atom is -0.493 e. The topological polar surface area (TPSA) is 28.9 Å². The van der Waals surface area contributed by atoms with Crippen LogP contribution < -0.4 is 4.74 Å². The molecule has 0 N–H and O–H groups in total. The van der Waals surface area contributed by atoms with E-state index in [1.807, 2.05) is 12.1 Å². The Balaban J connectivity index is 1.37. The highest BCUT2D eigenvalue weighted by Crippen LogP contribution is 2.29. The van der Waals surface area contributed by atoms with Crippen molar-refractivity contribution in [3.63, 3.8) is 0 Å². The van der Waals surface area contributed by atoms with Crippen molar-refractivity contribution in [1.29, 1.82) is 0 Å². The summed E-state index contributed by atoms with van der Waals surface area (Å²) in [6, 6.07) is 9.03. The summed E-state index contributed by atoms with van der Waals surface area (Å²) in [5, 5.41) is 1.13. The molecule has 24 heavy (non-hydrogen) atoms. The summed E-state index contributed by atoms with van der Waals surface area (Å²) in [5.41, 5.74) is 0.873. The van der Waals surface area contributed by atoms with Gasteiger partial charge in [0.1, 0.15) is 5.76 Å². The number of nitrogens with zero attached hydrogens (tertiary/aromatic N) is 2. The molecule has 3 heterocycles. The van der Waals surface area contributed by atoms with Crippen molar-refractivity contribution in [1.82, 2.24) is 9.80 Å². The maximum absolute atomic E-state index is 6.06. The number of furan rings is 1. The molecular formula is C20H28N2O2. The van der Waals surface area contributed by atoms with Gasteiger partial charge in [0.05, 0.1) is 13.7 Å². The van der Waals surface area contributed by atoms with Gasteiger partial charge in [0.2, 0.25) is 0 Å². The Morgan fingerprint density at radius 1 is 1.08 bits per heavy atom. The minimum absolute atomic E-state index is 0.803. The van der Waals surface area contributed by atoms with E-state index in [-0.39, 0.29) is 0 Å². The molecule has 0 radical (unpaired) electrons. The molecule has 2 aromatic rings. The number of fused-ring (bicyclic) bond motifs is 1. The average Bonchev–Trinajstić information content (AvgIpc) is 3.05. The second-order valence-electron chi connectivity index (χ2n) is 7.20. The first kappa shape index (κ1) is 16.0. The molecule has 0 bridgehead atoms. The average molecular weight is 328 g/mol. The van der Waals surface area contributed by atoms with Gasteiger partial charge in [0, 0.05) is 24.5 Å². The summed E-state index contributed by atoms with van der Waals surface area (Å²) in [4.78, 5) is 5.26. The second kappa shape index (κ2) is 7.16. The summed E-state index contributed by atoms with van der Waals surface area (Å²) < 4.78 is 11.5. The Hall–Kier alpha value is -1.52. The maximum Gasteiger partial charge on any atom is 0.176 e. The molecule has 1 aromatic carbocycles. The lowest BCUT2D eigenvalue weighted by Crippen LogP contribution is -2.46. The lowest BCUT2D eigenvalue weighted by Gasteiger charge is -2.40. The third kappa shape index (κ3) is 3.31. The highest BCUT2D eigenvalue weighted by molar-refractivity contribution is 5.83. The Labute approximate surface area is 144 Å². The van der Waals surface area contributed by atoms with Crippen LogP contribution in [-0.4, -0.2) is 49.1 Å². The zero-order valence-corrected chi connectivity index (χ0v) is 14.7. The van der Waals surface area contributed by atoms with E-state index in [1.165, 1.54) is 58.3 Å². The summed E-state index contributed by atoms with van der Waals surface area (Å²) >= 11 is 0. The van der Waals surface area contributed by atoms with E-state index < -0.39 is 0 Å². The molecule has 0 atom stereocenters. The fourth-order valence-corrected chi connectivity index (χ4v) is 4.27. The number of hydrogen-bond acceptors (Lipinski definition) is 4. The molecule has 2 fully saturated rings. The standard InChI is InChI=1S/C20H28N2O2/c1-23-19-7-5-6-16-14-18(24-20(16)19)15-21-12-8-17(9-13-21)22-10-3-2-4-11-22/h5-7,14,17H,2-4,8-13,15H2,1H3. The third-order valence-electron chi connectivity index (χ3n) is 5.62. The van der Waals surface area contributed by atoms with Crippen LogP contribution in [0, 0.1) is 0 Å².